The van der Waals surface area contributed by atoms with Gasteiger partial charge < -0.3 is 142 Å². The van der Waals surface area contributed by atoms with Crippen molar-refractivity contribution >= 4 is 0 Å². The Balaban J connectivity index is 0.000000527. The van der Waals surface area contributed by atoms with E-state index in [1.165, 1.54) is 0 Å². The Morgan fingerprint density at radius 2 is 0.630 bits per heavy atom. The van der Waals surface area contributed by atoms with Gasteiger partial charge in [0.05, 0.1) is 125 Å². The van der Waals surface area contributed by atoms with Gasteiger partial charge in [0.1, 0.15) is 42.7 Å². The van der Waals surface area contributed by atoms with Crippen molar-refractivity contribution in [3.63, 3.8) is 0 Å². The highest BCUT2D eigenvalue weighted by molar-refractivity contribution is 4.82. The Labute approximate surface area is 547 Å². The number of aliphatic hydroxyl groups is 13. The minimum Gasteiger partial charge on any atom is -0.394 e. The summed E-state index contributed by atoms with van der Waals surface area (Å²) in [6.45, 7) is 33.6. The van der Waals surface area contributed by atoms with Crippen LogP contribution in [0.25, 0.3) is 0 Å². The average Bonchev–Trinajstić information content (AvgIpc) is 2.24. The van der Waals surface area contributed by atoms with E-state index < -0.39 is 98.6 Å². The van der Waals surface area contributed by atoms with E-state index in [9.17, 15) is 51.1 Å². The molecular weight excluding hydrogens is 1220 g/mol. The van der Waals surface area contributed by atoms with Crippen molar-refractivity contribution in [3.8, 4) is 0 Å². The van der Waals surface area contributed by atoms with Gasteiger partial charge in [-0.2, -0.15) is 0 Å². The molecule has 0 aromatic rings. The third kappa shape index (κ3) is 40.0. The summed E-state index contributed by atoms with van der Waals surface area (Å²) in [6.07, 6.45) is -6.01. The van der Waals surface area contributed by atoms with E-state index in [-0.39, 0.29) is 99.5 Å². The van der Waals surface area contributed by atoms with Crippen molar-refractivity contribution in [2.75, 3.05) is 52.9 Å². The monoisotopic (exact) mass is 1350 g/mol. The smallest absolute Gasteiger partial charge is 0.186 e. The van der Waals surface area contributed by atoms with Gasteiger partial charge in [-0.3, -0.25) is 0 Å². The summed E-state index contributed by atoms with van der Waals surface area (Å²) in [4.78, 5) is 0. The third-order valence-corrected chi connectivity index (χ3v) is 13.5. The Morgan fingerprint density at radius 1 is 0.293 bits per heavy atom. The summed E-state index contributed by atoms with van der Waals surface area (Å²) in [5.41, 5.74) is 0. The summed E-state index contributed by atoms with van der Waals surface area (Å²) < 4.78 is 83.6. The Bertz CT molecular complexity index is 1730. The minimum atomic E-state index is -1.04. The van der Waals surface area contributed by atoms with Gasteiger partial charge in [0.15, 0.2) is 50.3 Å². The van der Waals surface area contributed by atoms with Crippen LogP contribution in [-0.2, 0) is 75.8 Å². The molecule has 8 aliphatic rings. The van der Waals surface area contributed by atoms with Crippen LogP contribution in [0.15, 0.2) is 0 Å². The van der Waals surface area contributed by atoms with Crippen LogP contribution >= 0.6 is 0 Å². The largest absolute Gasteiger partial charge is 0.394 e. The Kier molecular flexibility index (Phi) is 47.7. The van der Waals surface area contributed by atoms with E-state index in [1.807, 2.05) is 111 Å². The molecule has 0 aliphatic carbocycles. The van der Waals surface area contributed by atoms with Crippen molar-refractivity contribution in [2.45, 2.75) is 353 Å². The van der Waals surface area contributed by atoms with E-state index in [2.05, 4.69) is 0 Å². The standard InChI is InChI=1S/C9H18O5.C9H18O4.C8H16O4.2C8H16O3.C7H14O4.2C7H14O3/c1-5(2)13-9-8(12)7(11)3-6(4-10)14-9;1-6(2)13-9-8(11)7(10)4-3-5-12-9;1-5(2)12-8-7(10)6(9)3-4-11-8;1-6(2)11-8-5-7(9)3-4-10-8;1-6(2)11-8-7(9)4-3-5-10-8;1-4(2)11-7-6(9)5(8)3-10-7;1-5(2)10-7-3-6(8)4-9-7;1-5(2)10-7-6(8)3-4-9-7/h5-12H,3-4H2,1-2H3;6-11H,3-5H2,1-2H3;5-10H,3-4H2,1-2H3;2*6-9H,3-5H2,1-2H3;4-9H,3H2,1-2H3;2*5-8H,3-4H2,1-2H3. The predicted octanol–water partition coefficient (Wildman–Crippen LogP) is 1.73. The lowest BCUT2D eigenvalue weighted by molar-refractivity contribution is -0.280. The fourth-order valence-corrected chi connectivity index (χ4v) is 9.05. The molecule has 13 N–H and O–H groups in total. The number of hydrogen-bond acceptors (Lipinski definition) is 29. The topological polar surface area (TPSA) is 411 Å². The summed E-state index contributed by atoms with van der Waals surface area (Å²) in [6, 6.07) is 0. The van der Waals surface area contributed by atoms with Crippen LogP contribution < -0.4 is 0 Å². The van der Waals surface area contributed by atoms with Gasteiger partial charge in [-0.1, -0.05) is 0 Å². The molecule has 0 bridgehead atoms. The lowest BCUT2D eigenvalue weighted by Gasteiger charge is -2.36. The molecule has 0 amide bonds. The van der Waals surface area contributed by atoms with Gasteiger partial charge in [0, 0.05) is 38.9 Å². The van der Waals surface area contributed by atoms with Crippen molar-refractivity contribution in [3.05, 3.63) is 0 Å². The maximum atomic E-state index is 9.57. The fraction of sp³-hybridized carbons (Fsp3) is 1.00. The number of ether oxygens (including phenoxy) is 16. The molecule has 8 fully saturated rings. The molecule has 92 heavy (non-hydrogen) atoms. The molecule has 29 nitrogen and oxygen atoms in total. The molecule has 552 valence electrons. The highest BCUT2D eigenvalue weighted by Gasteiger charge is 2.39. The van der Waals surface area contributed by atoms with Crippen LogP contribution in [-0.4, -0.2) is 298 Å². The lowest BCUT2D eigenvalue weighted by Crippen LogP contribution is -2.51. The SMILES string of the molecule is CC(C)OC1CC(O)CCO1.CC(C)OC1CC(O)CO1.CC(C)OC1OC(CO)CC(O)C1O.CC(C)OC1OCC(O)C1O.CC(C)OC1OCCC(O)C1O.CC(C)OC1OCCC1O.CC(C)OC1OCCCC(O)C1O.CC(C)OC1OCCCC1O. The van der Waals surface area contributed by atoms with Crippen LogP contribution in [0.2, 0.25) is 0 Å². The predicted molar refractivity (Wildman–Crippen MR) is 332 cm³/mol. The van der Waals surface area contributed by atoms with Gasteiger partial charge in [-0.05, 0) is 149 Å². The maximum absolute atomic E-state index is 9.57. The van der Waals surface area contributed by atoms with Gasteiger partial charge in [-0.25, -0.2) is 0 Å². The van der Waals surface area contributed by atoms with Crippen LogP contribution in [0, 0.1) is 0 Å². The van der Waals surface area contributed by atoms with Crippen LogP contribution in [0.3, 0.4) is 0 Å². The molecule has 21 unspecified atom stereocenters. The zero-order chi connectivity index (χ0) is 69.8. The summed E-state index contributed by atoms with van der Waals surface area (Å²) in [5.74, 6) is 0. The maximum Gasteiger partial charge on any atom is 0.186 e. The van der Waals surface area contributed by atoms with Gasteiger partial charge in [0.25, 0.3) is 0 Å². The van der Waals surface area contributed by atoms with Crippen molar-refractivity contribution < 1.29 is 142 Å². The molecule has 8 heterocycles. The number of rotatable bonds is 17. The minimum absolute atomic E-state index is 0.0000463. The fourth-order valence-electron chi connectivity index (χ4n) is 9.05. The van der Waals surface area contributed by atoms with E-state index in [4.69, 9.17) is 91.1 Å². The summed E-state index contributed by atoms with van der Waals surface area (Å²) in [5, 5.41) is 120. The third-order valence-electron chi connectivity index (χ3n) is 13.5. The Hall–Kier alpha value is -1.16. The molecule has 8 aliphatic heterocycles. The van der Waals surface area contributed by atoms with Crippen LogP contribution in [0.4, 0.5) is 0 Å². The molecule has 29 heteroatoms. The van der Waals surface area contributed by atoms with Gasteiger partial charge >= 0.3 is 0 Å². The molecule has 8 saturated heterocycles. The van der Waals surface area contributed by atoms with Crippen molar-refractivity contribution in [2.24, 2.45) is 0 Å². The zero-order valence-corrected chi connectivity index (χ0v) is 57.8. The highest BCUT2D eigenvalue weighted by atomic mass is 16.7. The molecule has 0 saturated carbocycles. The molecule has 0 radical (unpaired) electrons. The van der Waals surface area contributed by atoms with Crippen molar-refractivity contribution in [1.29, 1.82) is 0 Å². The number of hydrogen-bond donors (Lipinski definition) is 13. The summed E-state index contributed by atoms with van der Waals surface area (Å²) in [7, 11) is 0. The first-order valence-corrected chi connectivity index (χ1v) is 33.1. The first-order valence-electron chi connectivity index (χ1n) is 33.1. The van der Waals surface area contributed by atoms with Crippen molar-refractivity contribution in [1.82, 2.24) is 0 Å². The second-order valence-electron chi connectivity index (χ2n) is 25.5. The molecule has 0 spiro atoms. The van der Waals surface area contributed by atoms with Crippen LogP contribution in [0.5, 0.6) is 0 Å². The average molecular weight is 1350 g/mol. The first-order chi connectivity index (χ1) is 43.1. The second-order valence-corrected chi connectivity index (χ2v) is 25.5. The van der Waals surface area contributed by atoms with Gasteiger partial charge in [0.2, 0.25) is 0 Å². The van der Waals surface area contributed by atoms with E-state index in [1.54, 1.807) is 0 Å². The van der Waals surface area contributed by atoms with E-state index >= 15 is 0 Å². The molecule has 0 aromatic carbocycles. The highest BCUT2D eigenvalue weighted by Crippen LogP contribution is 2.24. The second kappa shape index (κ2) is 49.4. The number of aliphatic hydroxyl groups excluding tert-OH is 13. The first kappa shape index (κ1) is 88.9. The quantitative estimate of drug-likeness (QED) is 0.0986. The molecule has 0 aromatic heterocycles. The molecular formula is C63H126O29. The Morgan fingerprint density at radius 3 is 1.02 bits per heavy atom. The molecule has 8 rings (SSSR count). The van der Waals surface area contributed by atoms with E-state index in [0.717, 1.165) is 25.7 Å². The normalized spacial score (nSPS) is 35.6. The van der Waals surface area contributed by atoms with Crippen LogP contribution in [0.1, 0.15) is 175 Å². The van der Waals surface area contributed by atoms with E-state index in [0.29, 0.717) is 71.7 Å². The molecule has 21 atom stereocenters. The van der Waals surface area contributed by atoms with Gasteiger partial charge in [-0.15, -0.1) is 0 Å². The zero-order valence-electron chi connectivity index (χ0n) is 57.8. The lowest BCUT2D eigenvalue weighted by atomic mass is 10.0. The summed E-state index contributed by atoms with van der Waals surface area (Å²) >= 11 is 0.